The first kappa shape index (κ1) is 14.8. The number of nitrogens with two attached hydrogens (primary N) is 1. The molecule has 2 fully saturated rings. The standard InChI is InChI=1S/C13H23N5O2S/c1-10-12(13(14)15-16(10)2)21(19,20)18-8-7-17-6-4-3-5-11(17)9-18/h11H,3-9H2,1-2H3,(H2,14,15). The van der Waals surface area contributed by atoms with Crippen molar-refractivity contribution >= 4 is 15.8 Å². The second kappa shape index (κ2) is 5.26. The van der Waals surface area contributed by atoms with E-state index in [0.717, 1.165) is 19.5 Å². The average Bonchev–Trinajstić information content (AvgIpc) is 2.72. The summed E-state index contributed by atoms with van der Waals surface area (Å²) in [5.41, 5.74) is 6.41. The summed E-state index contributed by atoms with van der Waals surface area (Å²) in [4.78, 5) is 2.59. The Morgan fingerprint density at radius 1 is 1.24 bits per heavy atom. The fourth-order valence-corrected chi connectivity index (χ4v) is 5.17. The number of hydrogen-bond donors (Lipinski definition) is 1. The number of piperazine rings is 1. The molecule has 3 heterocycles. The predicted molar refractivity (Wildman–Crippen MR) is 80.3 cm³/mol. The van der Waals surface area contributed by atoms with E-state index < -0.39 is 10.0 Å². The van der Waals surface area contributed by atoms with Gasteiger partial charge in [-0.3, -0.25) is 9.58 Å². The van der Waals surface area contributed by atoms with E-state index in [2.05, 4.69) is 10.00 Å². The van der Waals surface area contributed by atoms with Crippen LogP contribution >= 0.6 is 0 Å². The molecule has 0 spiro atoms. The maximum absolute atomic E-state index is 12.9. The number of hydrogen-bond acceptors (Lipinski definition) is 5. The minimum atomic E-state index is -3.55. The average molecular weight is 313 g/mol. The van der Waals surface area contributed by atoms with E-state index in [1.54, 1.807) is 18.3 Å². The Labute approximate surface area is 125 Å². The largest absolute Gasteiger partial charge is 0.381 e. The molecule has 8 heteroatoms. The molecule has 0 aliphatic carbocycles. The summed E-state index contributed by atoms with van der Waals surface area (Å²) in [5.74, 6) is 0.0982. The molecule has 118 valence electrons. The van der Waals surface area contributed by atoms with Crippen molar-refractivity contribution in [3.8, 4) is 0 Å². The number of anilines is 1. The van der Waals surface area contributed by atoms with Gasteiger partial charge in [-0.25, -0.2) is 8.42 Å². The molecule has 1 aromatic heterocycles. The molecule has 1 atom stereocenters. The van der Waals surface area contributed by atoms with Crippen molar-refractivity contribution in [2.75, 3.05) is 31.9 Å². The van der Waals surface area contributed by atoms with Gasteiger partial charge in [0.25, 0.3) is 0 Å². The number of aryl methyl sites for hydroxylation is 1. The summed E-state index contributed by atoms with van der Waals surface area (Å²) >= 11 is 0. The van der Waals surface area contributed by atoms with Gasteiger partial charge in [0.15, 0.2) is 5.82 Å². The van der Waals surface area contributed by atoms with Crippen molar-refractivity contribution in [3.63, 3.8) is 0 Å². The van der Waals surface area contributed by atoms with Crippen LogP contribution in [-0.2, 0) is 17.1 Å². The van der Waals surface area contributed by atoms with Gasteiger partial charge in [-0.05, 0) is 26.3 Å². The quantitative estimate of drug-likeness (QED) is 0.841. The fraction of sp³-hybridized carbons (Fsp3) is 0.769. The summed E-state index contributed by atoms with van der Waals surface area (Å²) in [6.07, 6.45) is 3.48. The number of piperidine rings is 1. The fourth-order valence-electron chi connectivity index (χ4n) is 3.41. The molecule has 2 aliphatic rings. The van der Waals surface area contributed by atoms with E-state index in [4.69, 9.17) is 5.73 Å². The Kier molecular flexibility index (Phi) is 3.71. The first-order chi connectivity index (χ1) is 9.91. The molecule has 3 rings (SSSR count). The lowest BCUT2D eigenvalue weighted by Gasteiger charge is -2.43. The van der Waals surface area contributed by atoms with Gasteiger partial charge in [0.1, 0.15) is 4.90 Å². The van der Waals surface area contributed by atoms with E-state index in [-0.39, 0.29) is 10.7 Å². The van der Waals surface area contributed by atoms with E-state index in [9.17, 15) is 8.42 Å². The van der Waals surface area contributed by atoms with Crippen molar-refractivity contribution in [1.82, 2.24) is 19.0 Å². The van der Waals surface area contributed by atoms with Crippen molar-refractivity contribution in [2.45, 2.75) is 37.1 Å². The third-order valence-electron chi connectivity index (χ3n) is 4.70. The molecule has 7 nitrogen and oxygen atoms in total. The molecule has 0 amide bonds. The van der Waals surface area contributed by atoms with Crippen molar-refractivity contribution < 1.29 is 8.42 Å². The molecular formula is C13H23N5O2S. The van der Waals surface area contributed by atoms with Crippen molar-refractivity contribution in [2.24, 2.45) is 7.05 Å². The molecule has 2 N–H and O–H groups in total. The maximum atomic E-state index is 12.9. The Balaban J connectivity index is 1.88. The molecule has 0 radical (unpaired) electrons. The molecule has 0 bridgehead atoms. The summed E-state index contributed by atoms with van der Waals surface area (Å²) < 4.78 is 28.9. The Morgan fingerprint density at radius 3 is 2.67 bits per heavy atom. The van der Waals surface area contributed by atoms with Crippen LogP contribution in [0.25, 0.3) is 0 Å². The summed E-state index contributed by atoms with van der Waals surface area (Å²) in [5, 5.41) is 4.03. The van der Waals surface area contributed by atoms with Gasteiger partial charge >= 0.3 is 0 Å². The normalized spacial score (nSPS) is 25.0. The summed E-state index contributed by atoms with van der Waals surface area (Å²) in [7, 11) is -1.84. The monoisotopic (exact) mass is 313 g/mol. The second-order valence-corrected chi connectivity index (χ2v) is 7.85. The van der Waals surface area contributed by atoms with E-state index in [1.165, 1.54) is 17.5 Å². The predicted octanol–water partition coefficient (Wildman–Crippen LogP) is 0.170. The third kappa shape index (κ3) is 2.45. The van der Waals surface area contributed by atoms with Gasteiger partial charge < -0.3 is 5.73 Å². The second-order valence-electron chi connectivity index (χ2n) is 5.97. The zero-order valence-electron chi connectivity index (χ0n) is 12.6. The number of sulfonamides is 1. The minimum Gasteiger partial charge on any atom is -0.381 e. The molecule has 0 aromatic carbocycles. The van der Waals surface area contributed by atoms with Gasteiger partial charge in [-0.15, -0.1) is 0 Å². The highest BCUT2D eigenvalue weighted by Gasteiger charge is 2.37. The number of aromatic nitrogens is 2. The number of fused-ring (bicyclic) bond motifs is 1. The van der Waals surface area contributed by atoms with Crippen LogP contribution < -0.4 is 5.73 Å². The van der Waals surface area contributed by atoms with Crippen LogP contribution in [-0.4, -0.2) is 59.6 Å². The van der Waals surface area contributed by atoms with Crippen LogP contribution in [0, 0.1) is 6.92 Å². The summed E-state index contributed by atoms with van der Waals surface area (Å²) in [6.45, 7) is 4.74. The van der Waals surface area contributed by atoms with Crippen LogP contribution in [0.2, 0.25) is 0 Å². The number of nitrogen functional groups attached to an aromatic ring is 1. The minimum absolute atomic E-state index is 0.0982. The Hall–Kier alpha value is -1.12. The van der Waals surface area contributed by atoms with Crippen molar-refractivity contribution in [1.29, 1.82) is 0 Å². The lowest BCUT2D eigenvalue weighted by atomic mass is 10.0. The van der Waals surface area contributed by atoms with Gasteiger partial charge in [0, 0.05) is 32.7 Å². The maximum Gasteiger partial charge on any atom is 0.248 e. The molecule has 1 aromatic rings. The molecule has 21 heavy (non-hydrogen) atoms. The van der Waals surface area contributed by atoms with Crippen molar-refractivity contribution in [3.05, 3.63) is 5.69 Å². The third-order valence-corrected chi connectivity index (χ3v) is 6.73. The van der Waals surface area contributed by atoms with E-state index in [0.29, 0.717) is 24.8 Å². The van der Waals surface area contributed by atoms with Gasteiger partial charge in [0.05, 0.1) is 5.69 Å². The first-order valence-corrected chi connectivity index (χ1v) is 8.88. The zero-order chi connectivity index (χ0) is 15.2. The number of nitrogens with zero attached hydrogens (tertiary/aromatic N) is 4. The van der Waals surface area contributed by atoms with Gasteiger partial charge in [-0.1, -0.05) is 6.42 Å². The SMILES string of the molecule is Cc1c(S(=O)(=O)N2CCN3CCCCC3C2)c(N)nn1C. The van der Waals surface area contributed by atoms with Gasteiger partial charge in [-0.2, -0.15) is 9.40 Å². The molecular weight excluding hydrogens is 290 g/mol. The van der Waals surface area contributed by atoms with Crippen LogP contribution in [0.4, 0.5) is 5.82 Å². The lowest BCUT2D eigenvalue weighted by Crippen LogP contribution is -2.56. The number of rotatable bonds is 2. The summed E-state index contributed by atoms with van der Waals surface area (Å²) in [6, 6.07) is 0.348. The van der Waals surface area contributed by atoms with Crippen LogP contribution in [0.5, 0.6) is 0 Å². The molecule has 1 unspecified atom stereocenters. The first-order valence-electron chi connectivity index (χ1n) is 7.44. The smallest absolute Gasteiger partial charge is 0.248 e. The van der Waals surface area contributed by atoms with Crippen LogP contribution in [0.3, 0.4) is 0 Å². The lowest BCUT2D eigenvalue weighted by molar-refractivity contribution is 0.0852. The van der Waals surface area contributed by atoms with E-state index in [1.807, 2.05) is 0 Å². The van der Waals surface area contributed by atoms with Crippen LogP contribution in [0.15, 0.2) is 4.90 Å². The molecule has 0 saturated carbocycles. The highest BCUT2D eigenvalue weighted by Crippen LogP contribution is 2.29. The highest BCUT2D eigenvalue weighted by atomic mass is 32.2. The van der Waals surface area contributed by atoms with Crippen LogP contribution in [0.1, 0.15) is 25.0 Å². The Morgan fingerprint density at radius 2 is 2.00 bits per heavy atom. The molecule has 2 saturated heterocycles. The highest BCUT2D eigenvalue weighted by molar-refractivity contribution is 7.89. The Bertz CT molecular complexity index is 639. The van der Waals surface area contributed by atoms with E-state index >= 15 is 0 Å². The van der Waals surface area contributed by atoms with Gasteiger partial charge in [0.2, 0.25) is 10.0 Å². The zero-order valence-corrected chi connectivity index (χ0v) is 13.4. The topological polar surface area (TPSA) is 84.5 Å². The molecule has 2 aliphatic heterocycles.